The molecule has 0 aromatic carbocycles. The van der Waals surface area contributed by atoms with Crippen LogP contribution in [-0.2, 0) is 23.7 Å². The van der Waals surface area contributed by atoms with Crippen LogP contribution in [0.3, 0.4) is 0 Å². The van der Waals surface area contributed by atoms with Crippen molar-refractivity contribution in [2.75, 3.05) is 7.11 Å². The number of azide groups is 1. The molecule has 2 rings (SSSR count). The van der Waals surface area contributed by atoms with Crippen molar-refractivity contribution in [2.45, 2.75) is 44.2 Å². The zero-order valence-electron chi connectivity index (χ0n) is 9.69. The summed E-state index contributed by atoms with van der Waals surface area (Å²) in [6, 6.07) is 0. The molecule has 0 aromatic rings. The van der Waals surface area contributed by atoms with Gasteiger partial charge in [-0.15, -0.1) is 0 Å². The zero-order chi connectivity index (χ0) is 12.6. The van der Waals surface area contributed by atoms with E-state index in [-0.39, 0.29) is 0 Å². The lowest BCUT2D eigenvalue weighted by Gasteiger charge is -2.21. The molecule has 17 heavy (non-hydrogen) atoms. The lowest BCUT2D eigenvalue weighted by Crippen LogP contribution is -2.36. The molecule has 0 radical (unpaired) electrons. The Kier molecular flexibility index (Phi) is 2.96. The van der Waals surface area contributed by atoms with Crippen molar-refractivity contribution < 1.29 is 23.7 Å². The summed E-state index contributed by atoms with van der Waals surface area (Å²) in [4.78, 5) is 14.2. The van der Waals surface area contributed by atoms with Crippen LogP contribution in [0.15, 0.2) is 5.11 Å². The van der Waals surface area contributed by atoms with Gasteiger partial charge in [0.05, 0.1) is 7.11 Å². The van der Waals surface area contributed by atoms with Crippen LogP contribution in [0.2, 0.25) is 0 Å². The van der Waals surface area contributed by atoms with Crippen LogP contribution in [0, 0.1) is 0 Å². The second kappa shape index (κ2) is 4.15. The minimum Gasteiger partial charge on any atom is -0.467 e. The molecule has 0 saturated carbocycles. The maximum Gasteiger partial charge on any atom is 0.337 e. The van der Waals surface area contributed by atoms with E-state index in [9.17, 15) is 4.79 Å². The number of nitrogens with zero attached hydrogens (tertiary/aromatic N) is 3. The number of fused-ring (bicyclic) bond motifs is 1. The number of methoxy groups -OCH3 is 1. The summed E-state index contributed by atoms with van der Waals surface area (Å²) < 4.78 is 21.0. The topological polar surface area (TPSA) is 103 Å². The number of carbonyl (C=O) groups is 1. The lowest BCUT2D eigenvalue weighted by atomic mass is 10.1. The molecule has 0 bridgehead atoms. The van der Waals surface area contributed by atoms with Crippen molar-refractivity contribution in [1.29, 1.82) is 0 Å². The molecule has 0 unspecified atom stereocenters. The van der Waals surface area contributed by atoms with Crippen LogP contribution in [-0.4, -0.2) is 43.4 Å². The van der Waals surface area contributed by atoms with Gasteiger partial charge in [0.2, 0.25) is 0 Å². The lowest BCUT2D eigenvalue weighted by molar-refractivity contribution is -0.194. The Morgan fingerprint density at radius 1 is 1.41 bits per heavy atom. The Labute approximate surface area is 97.4 Å². The molecule has 2 aliphatic rings. The number of ether oxygens (including phenoxy) is 4. The van der Waals surface area contributed by atoms with Crippen molar-refractivity contribution in [3.63, 3.8) is 0 Å². The van der Waals surface area contributed by atoms with E-state index in [1.165, 1.54) is 7.11 Å². The van der Waals surface area contributed by atoms with Gasteiger partial charge in [-0.1, -0.05) is 5.11 Å². The molecule has 0 amide bonds. The van der Waals surface area contributed by atoms with Crippen LogP contribution in [0.1, 0.15) is 13.8 Å². The second-order valence-electron chi connectivity index (χ2n) is 4.24. The molecule has 94 valence electrons. The van der Waals surface area contributed by atoms with Gasteiger partial charge in [0.15, 0.2) is 18.1 Å². The molecule has 0 spiro atoms. The summed E-state index contributed by atoms with van der Waals surface area (Å²) in [6.45, 7) is 3.43. The molecule has 4 atom stereocenters. The van der Waals surface area contributed by atoms with Gasteiger partial charge in [-0.2, -0.15) is 0 Å². The third-order valence-electron chi connectivity index (χ3n) is 2.63. The van der Waals surface area contributed by atoms with E-state index in [4.69, 9.17) is 19.7 Å². The van der Waals surface area contributed by atoms with Gasteiger partial charge in [-0.3, -0.25) is 0 Å². The molecule has 0 N–H and O–H groups in total. The van der Waals surface area contributed by atoms with Crippen LogP contribution in [0.25, 0.3) is 10.4 Å². The number of carbonyl (C=O) groups excluding carboxylic acids is 1. The summed E-state index contributed by atoms with van der Waals surface area (Å²) in [7, 11) is 1.25. The normalized spacial score (nSPS) is 38.3. The molecule has 8 nitrogen and oxygen atoms in total. The van der Waals surface area contributed by atoms with E-state index in [0.29, 0.717) is 0 Å². The first-order chi connectivity index (χ1) is 7.98. The zero-order valence-corrected chi connectivity index (χ0v) is 9.69. The van der Waals surface area contributed by atoms with E-state index >= 15 is 0 Å². The smallest absolute Gasteiger partial charge is 0.337 e. The molecular weight excluding hydrogens is 230 g/mol. The largest absolute Gasteiger partial charge is 0.467 e. The van der Waals surface area contributed by atoms with Crippen LogP contribution < -0.4 is 0 Å². The third kappa shape index (κ3) is 2.07. The Morgan fingerprint density at radius 2 is 2.06 bits per heavy atom. The Balaban J connectivity index is 2.23. The Morgan fingerprint density at radius 3 is 2.65 bits per heavy atom. The first-order valence-corrected chi connectivity index (χ1v) is 5.11. The fourth-order valence-corrected chi connectivity index (χ4v) is 2.03. The average molecular weight is 243 g/mol. The van der Waals surface area contributed by atoms with E-state index in [0.717, 1.165) is 0 Å². The summed E-state index contributed by atoms with van der Waals surface area (Å²) in [5, 5.41) is 3.44. The minimum atomic E-state index is -0.928. The van der Waals surface area contributed by atoms with Gasteiger partial charge in [0.25, 0.3) is 0 Å². The van der Waals surface area contributed by atoms with Crippen LogP contribution in [0.5, 0.6) is 0 Å². The summed E-state index contributed by atoms with van der Waals surface area (Å²) in [5.74, 6) is -1.41. The monoisotopic (exact) mass is 243 g/mol. The first kappa shape index (κ1) is 12.1. The molecular formula is C9H13N3O5. The molecule has 8 heteroatoms. The van der Waals surface area contributed by atoms with Gasteiger partial charge < -0.3 is 18.9 Å². The minimum absolute atomic E-state index is 0.572. The van der Waals surface area contributed by atoms with Crippen molar-refractivity contribution in [3.8, 4) is 0 Å². The van der Waals surface area contributed by atoms with Crippen molar-refractivity contribution in [2.24, 2.45) is 5.11 Å². The Bertz CT molecular complexity index is 379. The molecule has 0 aliphatic carbocycles. The molecule has 0 aromatic heterocycles. The number of hydrogen-bond donors (Lipinski definition) is 0. The fourth-order valence-electron chi connectivity index (χ4n) is 2.03. The molecule has 2 saturated heterocycles. The van der Waals surface area contributed by atoms with Crippen LogP contribution in [0.4, 0.5) is 0 Å². The quantitative estimate of drug-likeness (QED) is 0.307. The predicted octanol–water partition coefficient (Wildman–Crippen LogP) is 0.715. The van der Waals surface area contributed by atoms with E-state index in [2.05, 4.69) is 14.8 Å². The summed E-state index contributed by atoms with van der Waals surface area (Å²) >= 11 is 0. The van der Waals surface area contributed by atoms with E-state index < -0.39 is 36.3 Å². The van der Waals surface area contributed by atoms with Gasteiger partial charge in [0.1, 0.15) is 12.2 Å². The maximum atomic E-state index is 11.5. The summed E-state index contributed by atoms with van der Waals surface area (Å²) in [5.41, 5.74) is 8.42. The highest BCUT2D eigenvalue weighted by molar-refractivity contribution is 5.76. The van der Waals surface area contributed by atoms with Crippen LogP contribution >= 0.6 is 0 Å². The highest BCUT2D eigenvalue weighted by atomic mass is 16.8. The number of hydrogen-bond acceptors (Lipinski definition) is 6. The van der Waals surface area contributed by atoms with Gasteiger partial charge in [0, 0.05) is 4.91 Å². The predicted molar refractivity (Wildman–Crippen MR) is 53.6 cm³/mol. The standard InChI is InChI=1S/C9H13N3O5/c1-9(2)16-4-5(17-9)7(11-12-10)15-6(4)8(13)14-3/h4-7H,1-3H3/t4-,5+,6-,7+/m0/s1. The van der Waals surface area contributed by atoms with Gasteiger partial charge >= 0.3 is 5.97 Å². The van der Waals surface area contributed by atoms with E-state index in [1.807, 2.05) is 0 Å². The Hall–Kier alpha value is -1.34. The fraction of sp³-hybridized carbons (Fsp3) is 0.889. The third-order valence-corrected chi connectivity index (χ3v) is 2.63. The van der Waals surface area contributed by atoms with Crippen molar-refractivity contribution in [3.05, 3.63) is 10.4 Å². The maximum absolute atomic E-state index is 11.5. The highest BCUT2D eigenvalue weighted by Crippen LogP contribution is 2.39. The van der Waals surface area contributed by atoms with Crippen molar-refractivity contribution >= 4 is 5.97 Å². The number of esters is 1. The molecule has 2 fully saturated rings. The highest BCUT2D eigenvalue weighted by Gasteiger charge is 2.57. The summed E-state index contributed by atoms with van der Waals surface area (Å²) in [6.07, 6.45) is -3.02. The first-order valence-electron chi connectivity index (χ1n) is 5.11. The van der Waals surface area contributed by atoms with Gasteiger partial charge in [-0.05, 0) is 19.4 Å². The van der Waals surface area contributed by atoms with E-state index in [1.54, 1.807) is 13.8 Å². The number of rotatable bonds is 2. The molecule has 2 aliphatic heterocycles. The molecule has 2 heterocycles. The second-order valence-corrected chi connectivity index (χ2v) is 4.24. The van der Waals surface area contributed by atoms with Crippen molar-refractivity contribution in [1.82, 2.24) is 0 Å². The average Bonchev–Trinajstić information content (AvgIpc) is 2.73. The SMILES string of the molecule is COC(=O)[C@H]1O[C@@H](N=[N+]=[N-])[C@@H]2OC(C)(C)O[C@@H]21. The van der Waals surface area contributed by atoms with Gasteiger partial charge in [-0.25, -0.2) is 4.79 Å².